The van der Waals surface area contributed by atoms with Crippen LogP contribution in [0, 0.1) is 20.8 Å². The Labute approximate surface area is 208 Å². The third-order valence-electron chi connectivity index (χ3n) is 6.48. The maximum atomic E-state index is 13.3. The molecule has 1 N–H and O–H groups in total. The van der Waals surface area contributed by atoms with Crippen molar-refractivity contribution >= 4 is 33.0 Å². The molecule has 0 atom stereocenters. The highest BCUT2D eigenvalue weighted by Gasteiger charge is 2.32. The van der Waals surface area contributed by atoms with E-state index in [4.69, 9.17) is 9.47 Å². The van der Waals surface area contributed by atoms with Gasteiger partial charge in [-0.15, -0.1) is 10.2 Å². The third-order valence-corrected chi connectivity index (χ3v) is 9.60. The molecule has 2 aliphatic heterocycles. The molecule has 3 heterocycles. The SMILES string of the molecule is Cc1cc(C)c(S(=O)(=O)N2CCC(c3nnc(C(=O)Nc4ccc5c(c4)OCO5)s3)CC2)cc1C. The number of nitrogens with one attached hydrogen (secondary N) is 1. The van der Waals surface area contributed by atoms with Crippen molar-refractivity contribution in [1.29, 1.82) is 0 Å². The number of aromatic nitrogens is 2. The maximum absolute atomic E-state index is 13.3. The highest BCUT2D eigenvalue weighted by molar-refractivity contribution is 7.89. The van der Waals surface area contributed by atoms with Gasteiger partial charge in [-0.1, -0.05) is 17.4 Å². The van der Waals surface area contributed by atoms with Crippen LogP contribution in [0.5, 0.6) is 11.5 Å². The number of rotatable bonds is 5. The van der Waals surface area contributed by atoms with E-state index in [1.54, 1.807) is 28.6 Å². The monoisotopic (exact) mass is 514 g/mol. The summed E-state index contributed by atoms with van der Waals surface area (Å²) in [5.41, 5.74) is 3.38. The molecular weight excluding hydrogens is 488 g/mol. The lowest BCUT2D eigenvalue weighted by atomic mass is 9.99. The summed E-state index contributed by atoms with van der Waals surface area (Å²) in [5, 5.41) is 12.1. The Bertz CT molecular complexity index is 1390. The molecule has 9 nitrogen and oxygen atoms in total. The second-order valence-corrected chi connectivity index (χ2v) is 11.8. The van der Waals surface area contributed by atoms with Crippen molar-refractivity contribution in [3.05, 3.63) is 57.0 Å². The number of aryl methyl sites for hydroxylation is 3. The molecule has 0 bridgehead atoms. The standard InChI is InChI=1S/C24H26N4O5S2/c1-14-10-16(3)21(11-15(14)2)35(30,31)28-8-6-17(7-9-28)23-26-27-24(34-23)22(29)25-18-4-5-19-20(12-18)33-13-32-19/h4-5,10-12,17H,6-9,13H2,1-3H3,(H,25,29). The first kappa shape index (κ1) is 23.7. The lowest BCUT2D eigenvalue weighted by Crippen LogP contribution is -2.38. The fraction of sp³-hybridized carbons (Fsp3) is 0.375. The van der Waals surface area contributed by atoms with Crippen LogP contribution < -0.4 is 14.8 Å². The average Bonchev–Trinajstić information content (AvgIpc) is 3.51. The number of carbonyl (C=O) groups is 1. The summed E-state index contributed by atoms with van der Waals surface area (Å²) in [6, 6.07) is 8.87. The molecule has 1 aromatic heterocycles. The fourth-order valence-electron chi connectivity index (χ4n) is 4.34. The van der Waals surface area contributed by atoms with Crippen LogP contribution in [0.15, 0.2) is 35.2 Å². The fourth-order valence-corrected chi connectivity index (χ4v) is 7.01. The highest BCUT2D eigenvalue weighted by Crippen LogP contribution is 2.35. The van der Waals surface area contributed by atoms with Gasteiger partial charge in [-0.25, -0.2) is 8.42 Å². The number of sulfonamides is 1. The lowest BCUT2D eigenvalue weighted by molar-refractivity contribution is 0.102. The van der Waals surface area contributed by atoms with E-state index in [0.717, 1.165) is 21.7 Å². The van der Waals surface area contributed by atoms with Gasteiger partial charge in [0.1, 0.15) is 5.01 Å². The van der Waals surface area contributed by atoms with E-state index in [-0.39, 0.29) is 23.6 Å². The smallest absolute Gasteiger partial charge is 0.286 e. The molecule has 0 saturated carbocycles. The van der Waals surface area contributed by atoms with Gasteiger partial charge in [-0.2, -0.15) is 4.31 Å². The van der Waals surface area contributed by atoms with Crippen LogP contribution in [0.4, 0.5) is 5.69 Å². The first-order chi connectivity index (χ1) is 16.7. The Balaban J connectivity index is 1.23. The Morgan fingerprint density at radius 2 is 1.71 bits per heavy atom. The van der Waals surface area contributed by atoms with Crippen molar-refractivity contribution in [2.75, 3.05) is 25.2 Å². The van der Waals surface area contributed by atoms with Crippen molar-refractivity contribution in [1.82, 2.24) is 14.5 Å². The van der Waals surface area contributed by atoms with Gasteiger partial charge in [0.25, 0.3) is 5.91 Å². The normalized spacial score (nSPS) is 16.4. The average molecular weight is 515 g/mol. The minimum atomic E-state index is -3.57. The second-order valence-electron chi connectivity index (χ2n) is 8.85. The van der Waals surface area contributed by atoms with E-state index < -0.39 is 10.0 Å². The summed E-state index contributed by atoms with van der Waals surface area (Å²) in [6.45, 7) is 6.71. The molecule has 1 saturated heterocycles. The van der Waals surface area contributed by atoms with Gasteiger partial charge in [0, 0.05) is 30.8 Å². The highest BCUT2D eigenvalue weighted by atomic mass is 32.2. The van der Waals surface area contributed by atoms with Gasteiger partial charge in [-0.3, -0.25) is 4.79 Å². The zero-order valence-corrected chi connectivity index (χ0v) is 21.3. The number of benzene rings is 2. The van der Waals surface area contributed by atoms with Gasteiger partial charge in [0.15, 0.2) is 11.5 Å². The Morgan fingerprint density at radius 1 is 1.00 bits per heavy atom. The molecule has 2 aliphatic rings. The van der Waals surface area contributed by atoms with Crippen LogP contribution in [0.1, 0.15) is 50.3 Å². The minimum Gasteiger partial charge on any atom is -0.454 e. The molecule has 0 radical (unpaired) electrons. The number of hydrogen-bond acceptors (Lipinski definition) is 8. The molecular formula is C24H26N4O5S2. The number of fused-ring (bicyclic) bond motifs is 1. The van der Waals surface area contributed by atoms with Gasteiger partial charge in [0.05, 0.1) is 4.90 Å². The van der Waals surface area contributed by atoms with Crippen LogP contribution in [-0.2, 0) is 10.0 Å². The number of ether oxygens (including phenoxy) is 2. The second kappa shape index (κ2) is 9.21. The number of amides is 1. The Morgan fingerprint density at radius 3 is 2.49 bits per heavy atom. The summed E-state index contributed by atoms with van der Waals surface area (Å²) < 4.78 is 38.7. The van der Waals surface area contributed by atoms with Crippen molar-refractivity contribution < 1.29 is 22.7 Å². The molecule has 3 aromatic rings. The first-order valence-electron chi connectivity index (χ1n) is 11.3. The number of nitrogens with zero attached hydrogens (tertiary/aromatic N) is 3. The largest absolute Gasteiger partial charge is 0.454 e. The van der Waals surface area contributed by atoms with Crippen LogP contribution in [-0.4, -0.2) is 48.7 Å². The number of hydrogen-bond donors (Lipinski definition) is 1. The van der Waals surface area contributed by atoms with Gasteiger partial charge >= 0.3 is 0 Å². The van der Waals surface area contributed by atoms with Crippen molar-refractivity contribution in [2.45, 2.75) is 44.4 Å². The number of anilines is 1. The Kier molecular flexibility index (Phi) is 6.24. The summed E-state index contributed by atoms with van der Waals surface area (Å²) in [6.07, 6.45) is 1.25. The first-order valence-corrected chi connectivity index (χ1v) is 13.6. The Hall–Kier alpha value is -3.02. The molecule has 184 valence electrons. The molecule has 1 amide bonds. The predicted molar refractivity (Wildman–Crippen MR) is 132 cm³/mol. The molecule has 0 unspecified atom stereocenters. The molecule has 0 spiro atoms. The zero-order valence-electron chi connectivity index (χ0n) is 19.7. The van der Waals surface area contributed by atoms with Gasteiger partial charge in [0.2, 0.25) is 21.8 Å². The van der Waals surface area contributed by atoms with Crippen molar-refractivity contribution in [2.24, 2.45) is 0 Å². The minimum absolute atomic E-state index is 0.0619. The van der Waals surface area contributed by atoms with E-state index >= 15 is 0 Å². The maximum Gasteiger partial charge on any atom is 0.286 e. The third kappa shape index (κ3) is 4.63. The molecule has 35 heavy (non-hydrogen) atoms. The lowest BCUT2D eigenvalue weighted by Gasteiger charge is -2.30. The topological polar surface area (TPSA) is 111 Å². The number of piperidine rings is 1. The molecule has 0 aliphatic carbocycles. The molecule has 11 heteroatoms. The van der Waals surface area contributed by atoms with Crippen molar-refractivity contribution in [3.8, 4) is 11.5 Å². The summed E-state index contributed by atoms with van der Waals surface area (Å²) >= 11 is 1.25. The van der Waals surface area contributed by atoms with E-state index in [1.807, 2.05) is 26.8 Å². The van der Waals surface area contributed by atoms with Crippen LogP contribution in [0.25, 0.3) is 0 Å². The summed E-state index contributed by atoms with van der Waals surface area (Å²) in [4.78, 5) is 13.0. The quantitative estimate of drug-likeness (QED) is 0.548. The van der Waals surface area contributed by atoms with E-state index in [9.17, 15) is 13.2 Å². The zero-order chi connectivity index (χ0) is 24.7. The summed E-state index contributed by atoms with van der Waals surface area (Å²) in [5.74, 6) is 0.936. The molecule has 1 fully saturated rings. The van der Waals surface area contributed by atoms with E-state index in [2.05, 4.69) is 15.5 Å². The van der Waals surface area contributed by atoms with Gasteiger partial charge < -0.3 is 14.8 Å². The number of carbonyl (C=O) groups excluding carboxylic acids is 1. The molecule has 2 aromatic carbocycles. The van der Waals surface area contributed by atoms with Crippen LogP contribution in [0.3, 0.4) is 0 Å². The van der Waals surface area contributed by atoms with E-state index in [0.29, 0.717) is 48.0 Å². The van der Waals surface area contributed by atoms with E-state index in [1.165, 1.54) is 11.3 Å². The molecule has 5 rings (SSSR count). The van der Waals surface area contributed by atoms with Gasteiger partial charge in [-0.05, 0) is 68.5 Å². The van der Waals surface area contributed by atoms with Crippen LogP contribution in [0.2, 0.25) is 0 Å². The van der Waals surface area contributed by atoms with Crippen molar-refractivity contribution in [3.63, 3.8) is 0 Å². The summed E-state index contributed by atoms with van der Waals surface area (Å²) in [7, 11) is -3.57. The van der Waals surface area contributed by atoms with Crippen LogP contribution >= 0.6 is 11.3 Å². The predicted octanol–water partition coefficient (Wildman–Crippen LogP) is 4.01.